The van der Waals surface area contributed by atoms with Crippen molar-refractivity contribution in [1.29, 1.82) is 0 Å². The van der Waals surface area contributed by atoms with Crippen LogP contribution in [0.25, 0.3) is 0 Å². The van der Waals surface area contributed by atoms with Crippen LogP contribution in [0.5, 0.6) is 0 Å². The quantitative estimate of drug-likeness (QED) is 0.818. The Hall–Kier alpha value is -0.740. The smallest absolute Gasteiger partial charge is 0.196 e. The summed E-state index contributed by atoms with van der Waals surface area (Å²) >= 11 is 5.09. The van der Waals surface area contributed by atoms with Crippen molar-refractivity contribution < 1.29 is 0 Å². The van der Waals surface area contributed by atoms with Crippen molar-refractivity contribution in [3.05, 3.63) is 22.2 Å². The molecule has 1 aromatic heterocycles. The Balaban J connectivity index is 1.69. The minimum absolute atomic E-state index is 0.617. The van der Waals surface area contributed by atoms with E-state index in [4.69, 9.17) is 12.2 Å². The van der Waals surface area contributed by atoms with Gasteiger partial charge in [0, 0.05) is 31.5 Å². The van der Waals surface area contributed by atoms with Gasteiger partial charge in [-0.1, -0.05) is 12.8 Å². The van der Waals surface area contributed by atoms with Crippen LogP contribution in [0.15, 0.2) is 6.20 Å². The number of H-pyrrole nitrogens is 1. The third-order valence-corrected chi connectivity index (χ3v) is 4.26. The lowest BCUT2D eigenvalue weighted by molar-refractivity contribution is 0.211. The number of rotatable bonds is 2. The molecule has 1 aliphatic heterocycles. The van der Waals surface area contributed by atoms with Crippen molar-refractivity contribution in [2.75, 3.05) is 13.1 Å². The SMILES string of the molecule is S=c1ncc2c([nH]1)CN(CC1CCCC1)CC2. The van der Waals surface area contributed by atoms with Gasteiger partial charge in [-0.25, -0.2) is 4.98 Å². The maximum absolute atomic E-state index is 5.09. The fourth-order valence-corrected chi connectivity index (χ4v) is 3.28. The first-order chi connectivity index (χ1) is 8.31. The molecular weight excluding hydrogens is 230 g/mol. The lowest BCUT2D eigenvalue weighted by atomic mass is 10.0. The highest BCUT2D eigenvalue weighted by molar-refractivity contribution is 7.71. The number of hydrogen-bond donors (Lipinski definition) is 1. The van der Waals surface area contributed by atoms with E-state index in [0.29, 0.717) is 4.77 Å². The summed E-state index contributed by atoms with van der Waals surface area (Å²) in [6.45, 7) is 3.47. The van der Waals surface area contributed by atoms with E-state index in [2.05, 4.69) is 14.9 Å². The van der Waals surface area contributed by atoms with E-state index in [9.17, 15) is 0 Å². The summed E-state index contributed by atoms with van der Waals surface area (Å²) in [4.78, 5) is 9.98. The highest BCUT2D eigenvalue weighted by Crippen LogP contribution is 2.27. The molecule has 0 spiro atoms. The van der Waals surface area contributed by atoms with Crippen molar-refractivity contribution >= 4 is 12.2 Å². The average molecular weight is 249 g/mol. The number of aromatic amines is 1. The Labute approximate surface area is 107 Å². The summed E-state index contributed by atoms with van der Waals surface area (Å²) in [6.07, 6.45) is 8.77. The zero-order valence-electron chi connectivity index (χ0n) is 10.1. The van der Waals surface area contributed by atoms with Gasteiger partial charge in [-0.05, 0) is 43.0 Å². The van der Waals surface area contributed by atoms with Gasteiger partial charge in [0.1, 0.15) is 0 Å². The van der Waals surface area contributed by atoms with Gasteiger partial charge in [-0.3, -0.25) is 4.90 Å². The molecule has 0 bridgehead atoms. The predicted octanol–water partition coefficient (Wildman–Crippen LogP) is 2.69. The van der Waals surface area contributed by atoms with Crippen molar-refractivity contribution in [3.63, 3.8) is 0 Å². The van der Waals surface area contributed by atoms with E-state index < -0.39 is 0 Å². The zero-order chi connectivity index (χ0) is 11.7. The second-order valence-corrected chi connectivity index (χ2v) is 5.71. The first-order valence-electron chi connectivity index (χ1n) is 6.61. The summed E-state index contributed by atoms with van der Waals surface area (Å²) in [5.41, 5.74) is 2.63. The number of aromatic nitrogens is 2. The van der Waals surface area contributed by atoms with Gasteiger partial charge in [0.05, 0.1) is 0 Å². The highest BCUT2D eigenvalue weighted by atomic mass is 32.1. The number of fused-ring (bicyclic) bond motifs is 1. The average Bonchev–Trinajstić information content (AvgIpc) is 2.81. The molecule has 3 nitrogen and oxygen atoms in total. The fraction of sp³-hybridized carbons (Fsp3) is 0.692. The van der Waals surface area contributed by atoms with Gasteiger partial charge in [-0.2, -0.15) is 0 Å². The molecule has 1 aliphatic carbocycles. The van der Waals surface area contributed by atoms with Crippen LogP contribution in [0.3, 0.4) is 0 Å². The number of hydrogen-bond acceptors (Lipinski definition) is 3. The summed E-state index contributed by atoms with van der Waals surface area (Å²) in [5.74, 6) is 0.932. The van der Waals surface area contributed by atoms with Crippen molar-refractivity contribution in [3.8, 4) is 0 Å². The minimum atomic E-state index is 0.617. The zero-order valence-corrected chi connectivity index (χ0v) is 10.9. The molecule has 4 heteroatoms. The fourth-order valence-electron chi connectivity index (χ4n) is 3.11. The van der Waals surface area contributed by atoms with Crippen molar-refractivity contribution in [2.24, 2.45) is 5.92 Å². The standard InChI is InChI=1S/C13H19N3S/c17-13-14-7-11-5-6-16(9-12(11)15-13)8-10-3-1-2-4-10/h7,10H,1-6,8-9H2,(H,14,15,17). The van der Waals surface area contributed by atoms with Crippen LogP contribution >= 0.6 is 12.2 Å². The van der Waals surface area contributed by atoms with Crippen molar-refractivity contribution in [2.45, 2.75) is 38.6 Å². The van der Waals surface area contributed by atoms with Crippen LogP contribution < -0.4 is 0 Å². The summed E-state index contributed by atoms with van der Waals surface area (Å²) in [7, 11) is 0. The second-order valence-electron chi connectivity index (χ2n) is 5.33. The van der Waals surface area contributed by atoms with E-state index in [1.165, 1.54) is 50.0 Å². The Morgan fingerprint density at radius 2 is 2.24 bits per heavy atom. The van der Waals surface area contributed by atoms with E-state index in [0.717, 1.165) is 18.9 Å². The van der Waals surface area contributed by atoms with Crippen LogP contribution in [-0.4, -0.2) is 28.0 Å². The maximum Gasteiger partial charge on any atom is 0.196 e. The molecule has 0 aromatic carbocycles. The molecule has 0 amide bonds. The highest BCUT2D eigenvalue weighted by Gasteiger charge is 2.22. The summed E-state index contributed by atoms with van der Waals surface area (Å²) in [5, 5.41) is 0. The lowest BCUT2D eigenvalue weighted by Crippen LogP contribution is -2.34. The Morgan fingerprint density at radius 1 is 1.41 bits per heavy atom. The van der Waals surface area contributed by atoms with E-state index in [-0.39, 0.29) is 0 Å². The van der Waals surface area contributed by atoms with Gasteiger partial charge in [-0.15, -0.1) is 0 Å². The first-order valence-corrected chi connectivity index (χ1v) is 7.01. The monoisotopic (exact) mass is 249 g/mol. The van der Waals surface area contributed by atoms with Crippen LogP contribution in [-0.2, 0) is 13.0 Å². The summed E-state index contributed by atoms with van der Waals surface area (Å²) in [6, 6.07) is 0. The molecule has 2 aliphatic rings. The van der Waals surface area contributed by atoms with Crippen molar-refractivity contribution in [1.82, 2.24) is 14.9 Å². The first kappa shape index (κ1) is 11.4. The second kappa shape index (κ2) is 4.86. The molecule has 2 heterocycles. The largest absolute Gasteiger partial charge is 0.333 e. The normalized spacial score (nSPS) is 21.6. The van der Waals surface area contributed by atoms with Crippen LogP contribution in [0, 0.1) is 10.7 Å². The Bertz CT molecular complexity index is 448. The topological polar surface area (TPSA) is 31.9 Å². The molecule has 0 radical (unpaired) electrons. The van der Waals surface area contributed by atoms with Gasteiger partial charge < -0.3 is 4.98 Å². The molecule has 0 atom stereocenters. The molecule has 1 aromatic rings. The molecule has 0 unspecified atom stereocenters. The third-order valence-electron chi connectivity index (χ3n) is 4.05. The van der Waals surface area contributed by atoms with Gasteiger partial charge in [0.25, 0.3) is 0 Å². The van der Waals surface area contributed by atoms with Gasteiger partial charge in [0.15, 0.2) is 4.77 Å². The third kappa shape index (κ3) is 2.58. The molecule has 92 valence electrons. The lowest BCUT2D eigenvalue weighted by Gasteiger charge is -2.30. The Kier molecular flexibility index (Phi) is 3.25. The minimum Gasteiger partial charge on any atom is -0.333 e. The van der Waals surface area contributed by atoms with E-state index in [1.54, 1.807) is 0 Å². The van der Waals surface area contributed by atoms with Crippen LogP contribution in [0.4, 0.5) is 0 Å². The molecule has 17 heavy (non-hydrogen) atoms. The van der Waals surface area contributed by atoms with Crippen LogP contribution in [0.1, 0.15) is 36.9 Å². The number of nitrogens with zero attached hydrogens (tertiary/aromatic N) is 2. The van der Waals surface area contributed by atoms with E-state index in [1.807, 2.05) is 6.20 Å². The van der Waals surface area contributed by atoms with Gasteiger partial charge >= 0.3 is 0 Å². The maximum atomic E-state index is 5.09. The molecule has 0 saturated heterocycles. The number of nitrogens with one attached hydrogen (secondary N) is 1. The Morgan fingerprint density at radius 3 is 3.06 bits per heavy atom. The molecule has 3 rings (SSSR count). The molecule has 1 saturated carbocycles. The van der Waals surface area contributed by atoms with Gasteiger partial charge in [0.2, 0.25) is 0 Å². The predicted molar refractivity (Wildman–Crippen MR) is 70.4 cm³/mol. The summed E-state index contributed by atoms with van der Waals surface area (Å²) < 4.78 is 0.617. The molecule has 1 N–H and O–H groups in total. The van der Waals surface area contributed by atoms with E-state index >= 15 is 0 Å². The molecule has 1 fully saturated rings. The molecular formula is C13H19N3S. The van der Waals surface area contributed by atoms with Crippen LogP contribution in [0.2, 0.25) is 0 Å².